The van der Waals surface area contributed by atoms with Gasteiger partial charge in [-0.15, -0.1) is 0 Å². The molecule has 0 radical (unpaired) electrons. The Kier molecular flexibility index (Phi) is 4.49. The zero-order valence-electron chi connectivity index (χ0n) is 12.0. The lowest BCUT2D eigenvalue weighted by atomic mass is 10.3. The number of nitrogens with zero attached hydrogens (tertiary/aromatic N) is 2. The summed E-state index contributed by atoms with van der Waals surface area (Å²) in [6.45, 7) is 0. The number of para-hydroxylation sites is 1. The van der Waals surface area contributed by atoms with Crippen LogP contribution in [0.25, 0.3) is 0 Å². The normalized spacial score (nSPS) is 10.1. The molecular formula is C17H13ClN4O. The maximum atomic E-state index is 12.2. The highest BCUT2D eigenvalue weighted by molar-refractivity contribution is 6.30. The van der Waals surface area contributed by atoms with Crippen LogP contribution in [0.15, 0.2) is 66.9 Å². The van der Waals surface area contributed by atoms with Gasteiger partial charge in [0.05, 0.1) is 0 Å². The number of benzene rings is 2. The van der Waals surface area contributed by atoms with Gasteiger partial charge in [-0.2, -0.15) is 0 Å². The largest absolute Gasteiger partial charge is 0.324 e. The highest BCUT2D eigenvalue weighted by atomic mass is 35.5. The molecule has 3 rings (SSSR count). The van der Waals surface area contributed by atoms with Crippen molar-refractivity contribution in [3.63, 3.8) is 0 Å². The van der Waals surface area contributed by atoms with Crippen LogP contribution in [0.3, 0.4) is 0 Å². The first-order valence-corrected chi connectivity index (χ1v) is 7.30. The monoisotopic (exact) mass is 324 g/mol. The van der Waals surface area contributed by atoms with Gasteiger partial charge in [-0.1, -0.05) is 29.8 Å². The van der Waals surface area contributed by atoms with Crippen LogP contribution in [0.4, 0.5) is 17.3 Å². The van der Waals surface area contributed by atoms with Crippen molar-refractivity contribution in [2.24, 2.45) is 0 Å². The van der Waals surface area contributed by atoms with Crippen LogP contribution in [0.5, 0.6) is 0 Å². The van der Waals surface area contributed by atoms with Gasteiger partial charge in [-0.25, -0.2) is 9.97 Å². The third kappa shape index (κ3) is 4.05. The Morgan fingerprint density at radius 2 is 1.65 bits per heavy atom. The molecule has 23 heavy (non-hydrogen) atoms. The second-order valence-corrected chi connectivity index (χ2v) is 5.15. The van der Waals surface area contributed by atoms with Gasteiger partial charge >= 0.3 is 0 Å². The number of hydrogen-bond donors (Lipinski definition) is 2. The topological polar surface area (TPSA) is 66.9 Å². The lowest BCUT2D eigenvalue weighted by Crippen LogP contribution is -2.14. The molecule has 0 aliphatic heterocycles. The van der Waals surface area contributed by atoms with Crippen LogP contribution < -0.4 is 10.6 Å². The molecule has 0 aliphatic rings. The number of anilines is 3. The number of nitrogens with one attached hydrogen (secondary N) is 2. The van der Waals surface area contributed by atoms with Gasteiger partial charge in [0.2, 0.25) is 5.95 Å². The first-order chi connectivity index (χ1) is 11.2. The van der Waals surface area contributed by atoms with Crippen LogP contribution in [0.1, 0.15) is 10.5 Å². The van der Waals surface area contributed by atoms with Crippen LogP contribution in [0, 0.1) is 0 Å². The summed E-state index contributed by atoms with van der Waals surface area (Å²) in [4.78, 5) is 20.5. The molecule has 0 spiro atoms. The van der Waals surface area contributed by atoms with Crippen LogP contribution >= 0.6 is 11.6 Å². The van der Waals surface area contributed by atoms with Crippen LogP contribution in [-0.2, 0) is 0 Å². The van der Waals surface area contributed by atoms with E-state index in [9.17, 15) is 4.79 Å². The summed E-state index contributed by atoms with van der Waals surface area (Å²) >= 11 is 5.85. The van der Waals surface area contributed by atoms with E-state index in [-0.39, 0.29) is 11.6 Å². The fourth-order valence-corrected chi connectivity index (χ4v) is 2.05. The zero-order chi connectivity index (χ0) is 16.1. The predicted molar refractivity (Wildman–Crippen MR) is 91.2 cm³/mol. The number of amides is 1. The molecule has 1 amide bonds. The Labute approximate surface area is 138 Å². The minimum Gasteiger partial charge on any atom is -0.324 e. The smallest absolute Gasteiger partial charge is 0.274 e. The highest BCUT2D eigenvalue weighted by Gasteiger charge is 2.09. The standard InChI is InChI=1S/C17H13ClN4O/c18-12-6-8-14(9-7-12)21-17-19-11-10-15(22-17)16(23)20-13-4-2-1-3-5-13/h1-11H,(H,20,23)(H,19,21,22). The Hall–Kier alpha value is -2.92. The van der Waals surface area contributed by atoms with E-state index in [1.807, 2.05) is 42.5 Å². The van der Waals surface area contributed by atoms with E-state index in [2.05, 4.69) is 20.6 Å². The van der Waals surface area contributed by atoms with E-state index in [1.54, 1.807) is 18.2 Å². The van der Waals surface area contributed by atoms with E-state index >= 15 is 0 Å². The Balaban J connectivity index is 1.74. The summed E-state index contributed by atoms with van der Waals surface area (Å²) in [7, 11) is 0. The van der Waals surface area contributed by atoms with E-state index < -0.39 is 0 Å². The molecular weight excluding hydrogens is 312 g/mol. The average molecular weight is 325 g/mol. The van der Waals surface area contributed by atoms with Crippen molar-refractivity contribution < 1.29 is 4.79 Å². The van der Waals surface area contributed by atoms with Gasteiger partial charge in [0, 0.05) is 22.6 Å². The van der Waals surface area contributed by atoms with Crippen LogP contribution in [0.2, 0.25) is 5.02 Å². The summed E-state index contributed by atoms with van der Waals surface area (Å²) < 4.78 is 0. The van der Waals surface area contributed by atoms with Crippen molar-refractivity contribution in [2.75, 3.05) is 10.6 Å². The summed E-state index contributed by atoms with van der Waals surface area (Å²) in [5.74, 6) is 0.0470. The molecule has 0 aliphatic carbocycles. The average Bonchev–Trinajstić information content (AvgIpc) is 2.58. The Morgan fingerprint density at radius 1 is 0.913 bits per heavy atom. The second-order valence-electron chi connectivity index (χ2n) is 4.72. The van der Waals surface area contributed by atoms with Crippen molar-refractivity contribution in [2.45, 2.75) is 0 Å². The molecule has 5 nitrogen and oxygen atoms in total. The van der Waals surface area contributed by atoms with Crippen molar-refractivity contribution in [1.82, 2.24) is 9.97 Å². The Morgan fingerprint density at radius 3 is 2.39 bits per heavy atom. The van der Waals surface area contributed by atoms with Crippen molar-refractivity contribution >= 4 is 34.8 Å². The van der Waals surface area contributed by atoms with Gasteiger partial charge in [0.1, 0.15) is 5.69 Å². The number of carbonyl (C=O) groups is 1. The molecule has 0 saturated carbocycles. The summed E-state index contributed by atoms with van der Waals surface area (Å²) in [6.07, 6.45) is 1.53. The van der Waals surface area contributed by atoms with E-state index in [0.717, 1.165) is 5.69 Å². The number of halogens is 1. The third-order valence-corrected chi connectivity index (χ3v) is 3.27. The third-order valence-electron chi connectivity index (χ3n) is 3.02. The molecule has 0 fully saturated rings. The fraction of sp³-hybridized carbons (Fsp3) is 0. The molecule has 6 heteroatoms. The highest BCUT2D eigenvalue weighted by Crippen LogP contribution is 2.16. The number of hydrogen-bond acceptors (Lipinski definition) is 4. The van der Waals surface area contributed by atoms with E-state index in [1.165, 1.54) is 6.20 Å². The fourth-order valence-electron chi connectivity index (χ4n) is 1.92. The lowest BCUT2D eigenvalue weighted by Gasteiger charge is -2.07. The molecule has 0 unspecified atom stereocenters. The predicted octanol–water partition coefficient (Wildman–Crippen LogP) is 4.13. The van der Waals surface area contributed by atoms with E-state index in [0.29, 0.717) is 16.7 Å². The molecule has 0 atom stereocenters. The second kappa shape index (κ2) is 6.89. The molecule has 3 aromatic rings. The summed E-state index contributed by atoms with van der Waals surface area (Å²) in [5.41, 5.74) is 1.78. The Bertz CT molecular complexity index is 806. The molecule has 1 aromatic heterocycles. The van der Waals surface area contributed by atoms with Crippen molar-refractivity contribution in [3.05, 3.63) is 77.6 Å². The van der Waals surface area contributed by atoms with Gasteiger partial charge in [0.25, 0.3) is 5.91 Å². The SMILES string of the molecule is O=C(Nc1ccccc1)c1ccnc(Nc2ccc(Cl)cc2)n1. The quantitative estimate of drug-likeness (QED) is 0.757. The molecule has 0 saturated heterocycles. The summed E-state index contributed by atoms with van der Waals surface area (Å²) in [5, 5.41) is 6.46. The minimum absolute atomic E-state index is 0.278. The zero-order valence-corrected chi connectivity index (χ0v) is 12.8. The lowest BCUT2D eigenvalue weighted by molar-refractivity contribution is 0.102. The first kappa shape index (κ1) is 15.0. The minimum atomic E-state index is -0.294. The molecule has 114 valence electrons. The van der Waals surface area contributed by atoms with Gasteiger partial charge in [0.15, 0.2) is 0 Å². The van der Waals surface area contributed by atoms with Gasteiger partial charge in [-0.05, 0) is 42.5 Å². The number of carbonyl (C=O) groups excluding carboxylic acids is 1. The van der Waals surface area contributed by atoms with Crippen molar-refractivity contribution in [1.29, 1.82) is 0 Å². The summed E-state index contributed by atoms with van der Waals surface area (Å²) in [6, 6.07) is 17.9. The van der Waals surface area contributed by atoms with E-state index in [4.69, 9.17) is 11.6 Å². The van der Waals surface area contributed by atoms with Crippen LogP contribution in [-0.4, -0.2) is 15.9 Å². The molecule has 2 aromatic carbocycles. The maximum absolute atomic E-state index is 12.2. The first-order valence-electron chi connectivity index (χ1n) is 6.93. The molecule has 1 heterocycles. The molecule has 0 bridgehead atoms. The molecule has 2 N–H and O–H groups in total. The number of rotatable bonds is 4. The number of aromatic nitrogens is 2. The van der Waals surface area contributed by atoms with Gasteiger partial charge < -0.3 is 10.6 Å². The van der Waals surface area contributed by atoms with Gasteiger partial charge in [-0.3, -0.25) is 4.79 Å². The van der Waals surface area contributed by atoms with Crippen molar-refractivity contribution in [3.8, 4) is 0 Å². The maximum Gasteiger partial charge on any atom is 0.274 e.